The minimum absolute atomic E-state index is 0.000532. The molecule has 4 nitrogen and oxygen atoms in total. The molecule has 1 heterocycles. The lowest BCUT2D eigenvalue weighted by Crippen LogP contribution is -2.49. The van der Waals surface area contributed by atoms with E-state index in [1.54, 1.807) is 30.0 Å². The highest BCUT2D eigenvalue weighted by Gasteiger charge is 2.30. The van der Waals surface area contributed by atoms with Crippen molar-refractivity contribution in [3.8, 4) is 5.75 Å². The van der Waals surface area contributed by atoms with Crippen LogP contribution in [0.2, 0.25) is 0 Å². The van der Waals surface area contributed by atoms with Gasteiger partial charge in [-0.25, -0.2) is 0 Å². The average molecular weight is 249 g/mol. The van der Waals surface area contributed by atoms with Gasteiger partial charge in [0.05, 0.1) is 12.0 Å². The molecule has 1 aromatic rings. The zero-order chi connectivity index (χ0) is 13.2. The van der Waals surface area contributed by atoms with Gasteiger partial charge in [-0.2, -0.15) is 0 Å². The second-order valence-corrected chi connectivity index (χ2v) is 5.26. The van der Waals surface area contributed by atoms with Crippen molar-refractivity contribution in [1.29, 1.82) is 0 Å². The summed E-state index contributed by atoms with van der Waals surface area (Å²) in [5, 5.41) is 19.3. The Morgan fingerprint density at radius 1 is 1.50 bits per heavy atom. The predicted octanol–water partition coefficient (Wildman–Crippen LogP) is 1.31. The molecule has 1 atom stereocenters. The third kappa shape index (κ3) is 3.23. The van der Waals surface area contributed by atoms with Crippen LogP contribution in [0.3, 0.4) is 0 Å². The molecule has 1 aliphatic heterocycles. The highest BCUT2D eigenvalue weighted by atomic mass is 16.3. The van der Waals surface area contributed by atoms with Gasteiger partial charge in [0.15, 0.2) is 0 Å². The number of piperidine rings is 1. The van der Waals surface area contributed by atoms with Crippen LogP contribution in [-0.2, 0) is 11.2 Å². The van der Waals surface area contributed by atoms with E-state index >= 15 is 0 Å². The molecule has 0 bridgehead atoms. The van der Waals surface area contributed by atoms with Crippen LogP contribution in [0, 0.1) is 0 Å². The summed E-state index contributed by atoms with van der Waals surface area (Å²) in [5.74, 6) is 0.173. The standard InChI is InChI=1S/C14H19NO3/c1-14(18)6-3-7-15(10-14)13(17)9-11-4-2-5-12(16)8-11/h2,4-5,8,16,18H,3,6-7,9-10H2,1H3. The lowest BCUT2D eigenvalue weighted by molar-refractivity contribution is -0.136. The largest absolute Gasteiger partial charge is 0.508 e. The fourth-order valence-electron chi connectivity index (χ4n) is 2.39. The smallest absolute Gasteiger partial charge is 0.227 e. The molecule has 1 aromatic carbocycles. The number of aromatic hydroxyl groups is 1. The summed E-state index contributed by atoms with van der Waals surface area (Å²) >= 11 is 0. The van der Waals surface area contributed by atoms with Crippen molar-refractivity contribution in [2.24, 2.45) is 0 Å². The minimum Gasteiger partial charge on any atom is -0.508 e. The highest BCUT2D eigenvalue weighted by molar-refractivity contribution is 5.79. The van der Waals surface area contributed by atoms with Gasteiger partial charge in [0, 0.05) is 13.1 Å². The summed E-state index contributed by atoms with van der Waals surface area (Å²) in [7, 11) is 0. The molecule has 1 aliphatic rings. The van der Waals surface area contributed by atoms with Gasteiger partial charge in [0.1, 0.15) is 5.75 Å². The third-order valence-corrected chi connectivity index (χ3v) is 3.29. The van der Waals surface area contributed by atoms with Gasteiger partial charge in [-0.1, -0.05) is 12.1 Å². The summed E-state index contributed by atoms with van der Waals surface area (Å²) in [4.78, 5) is 13.8. The van der Waals surface area contributed by atoms with Crippen LogP contribution < -0.4 is 0 Å². The zero-order valence-electron chi connectivity index (χ0n) is 10.6. The van der Waals surface area contributed by atoms with Crippen LogP contribution in [0.5, 0.6) is 5.75 Å². The molecule has 0 aromatic heterocycles. The van der Waals surface area contributed by atoms with E-state index in [2.05, 4.69) is 0 Å². The van der Waals surface area contributed by atoms with E-state index in [-0.39, 0.29) is 18.1 Å². The first-order chi connectivity index (χ1) is 8.46. The van der Waals surface area contributed by atoms with E-state index in [1.165, 1.54) is 0 Å². The highest BCUT2D eigenvalue weighted by Crippen LogP contribution is 2.21. The van der Waals surface area contributed by atoms with Crippen molar-refractivity contribution < 1.29 is 15.0 Å². The Bertz CT molecular complexity index is 442. The minimum atomic E-state index is -0.771. The number of nitrogens with zero attached hydrogens (tertiary/aromatic N) is 1. The number of benzene rings is 1. The Kier molecular flexibility index (Phi) is 3.57. The lowest BCUT2D eigenvalue weighted by atomic mass is 9.95. The van der Waals surface area contributed by atoms with E-state index in [4.69, 9.17) is 0 Å². The molecular formula is C14H19NO3. The second-order valence-electron chi connectivity index (χ2n) is 5.26. The van der Waals surface area contributed by atoms with Gasteiger partial charge in [-0.3, -0.25) is 4.79 Å². The van der Waals surface area contributed by atoms with Gasteiger partial charge in [0.25, 0.3) is 0 Å². The van der Waals surface area contributed by atoms with Crippen molar-refractivity contribution in [1.82, 2.24) is 4.90 Å². The van der Waals surface area contributed by atoms with Gasteiger partial charge >= 0.3 is 0 Å². The normalized spacial score (nSPS) is 24.0. The molecule has 0 radical (unpaired) electrons. The van der Waals surface area contributed by atoms with Crippen molar-refractivity contribution in [3.05, 3.63) is 29.8 Å². The fraction of sp³-hybridized carbons (Fsp3) is 0.500. The van der Waals surface area contributed by atoms with Gasteiger partial charge in [-0.05, 0) is 37.5 Å². The first-order valence-electron chi connectivity index (χ1n) is 6.24. The number of phenols is 1. The molecule has 1 amide bonds. The number of carbonyl (C=O) groups is 1. The van der Waals surface area contributed by atoms with Gasteiger partial charge in [-0.15, -0.1) is 0 Å². The number of phenolic OH excluding ortho intramolecular Hbond substituents is 1. The quantitative estimate of drug-likeness (QED) is 0.830. The molecule has 1 saturated heterocycles. The number of likely N-dealkylation sites (tertiary alicyclic amines) is 1. The van der Waals surface area contributed by atoms with E-state index < -0.39 is 5.60 Å². The third-order valence-electron chi connectivity index (χ3n) is 3.29. The molecule has 2 N–H and O–H groups in total. The topological polar surface area (TPSA) is 60.8 Å². The van der Waals surface area contributed by atoms with E-state index in [0.29, 0.717) is 13.1 Å². The van der Waals surface area contributed by atoms with Crippen LogP contribution in [0.1, 0.15) is 25.3 Å². The Labute approximate surface area is 107 Å². The molecule has 1 unspecified atom stereocenters. The van der Waals surface area contributed by atoms with Crippen molar-refractivity contribution in [2.45, 2.75) is 31.8 Å². The first kappa shape index (κ1) is 12.9. The SMILES string of the molecule is CC1(O)CCCN(C(=O)Cc2cccc(O)c2)C1. The number of hydrogen-bond donors (Lipinski definition) is 2. The fourth-order valence-corrected chi connectivity index (χ4v) is 2.39. The summed E-state index contributed by atoms with van der Waals surface area (Å²) < 4.78 is 0. The van der Waals surface area contributed by atoms with Gasteiger partial charge < -0.3 is 15.1 Å². The van der Waals surface area contributed by atoms with E-state index in [0.717, 1.165) is 18.4 Å². The molecule has 0 aliphatic carbocycles. The zero-order valence-corrected chi connectivity index (χ0v) is 10.6. The lowest BCUT2D eigenvalue weighted by Gasteiger charge is -2.36. The molecule has 2 rings (SSSR count). The molecule has 0 spiro atoms. The van der Waals surface area contributed by atoms with Crippen molar-refractivity contribution in [2.75, 3.05) is 13.1 Å². The number of β-amino-alcohol motifs (C(OH)–C–C–N with tert-alkyl or cyclic N) is 1. The van der Waals surface area contributed by atoms with Crippen LogP contribution in [0.15, 0.2) is 24.3 Å². The van der Waals surface area contributed by atoms with Crippen LogP contribution in [0.25, 0.3) is 0 Å². The van der Waals surface area contributed by atoms with Crippen LogP contribution in [-0.4, -0.2) is 39.7 Å². The van der Waals surface area contributed by atoms with Crippen LogP contribution >= 0.6 is 0 Å². The molecule has 4 heteroatoms. The van der Waals surface area contributed by atoms with Crippen LogP contribution in [0.4, 0.5) is 0 Å². The summed E-state index contributed by atoms with van der Waals surface area (Å²) in [6.45, 7) is 2.86. The van der Waals surface area contributed by atoms with E-state index in [1.807, 2.05) is 6.07 Å². The number of rotatable bonds is 2. The molecule has 0 saturated carbocycles. The number of hydrogen-bond acceptors (Lipinski definition) is 3. The maximum atomic E-state index is 12.1. The summed E-state index contributed by atoms with van der Waals surface area (Å²) in [6.07, 6.45) is 1.84. The number of amides is 1. The Morgan fingerprint density at radius 2 is 2.28 bits per heavy atom. The van der Waals surface area contributed by atoms with E-state index in [9.17, 15) is 15.0 Å². The maximum Gasteiger partial charge on any atom is 0.227 e. The van der Waals surface area contributed by atoms with Gasteiger partial charge in [0.2, 0.25) is 5.91 Å². The Balaban J connectivity index is 2.00. The summed E-state index contributed by atoms with van der Waals surface area (Å²) in [6, 6.07) is 6.73. The van der Waals surface area contributed by atoms with Crippen molar-refractivity contribution in [3.63, 3.8) is 0 Å². The monoisotopic (exact) mass is 249 g/mol. The average Bonchev–Trinajstić information content (AvgIpc) is 2.27. The molecular weight excluding hydrogens is 230 g/mol. The molecule has 98 valence electrons. The van der Waals surface area contributed by atoms with Crippen molar-refractivity contribution >= 4 is 5.91 Å². The Morgan fingerprint density at radius 3 is 2.94 bits per heavy atom. The Hall–Kier alpha value is -1.55. The number of carbonyl (C=O) groups excluding carboxylic acids is 1. The maximum absolute atomic E-state index is 12.1. The second kappa shape index (κ2) is 4.98. The molecule has 18 heavy (non-hydrogen) atoms. The number of aliphatic hydroxyl groups is 1. The first-order valence-corrected chi connectivity index (χ1v) is 6.24. The predicted molar refractivity (Wildman–Crippen MR) is 68.2 cm³/mol. The summed E-state index contributed by atoms with van der Waals surface area (Å²) in [5.41, 5.74) is 0.0254. The molecule has 1 fully saturated rings.